The van der Waals surface area contributed by atoms with Crippen molar-refractivity contribution in [3.05, 3.63) is 21.3 Å². The molecule has 1 fully saturated rings. The molecule has 0 amide bonds. The number of hydrogen-bond donors (Lipinski definition) is 1. The van der Waals surface area contributed by atoms with Crippen LogP contribution in [0.3, 0.4) is 0 Å². The topological polar surface area (TPSA) is 20.2 Å². The highest BCUT2D eigenvalue weighted by molar-refractivity contribution is 7.16. The van der Waals surface area contributed by atoms with E-state index in [1.165, 1.54) is 11.3 Å². The third-order valence-corrected chi connectivity index (χ3v) is 5.05. The molecule has 0 aliphatic heterocycles. The summed E-state index contributed by atoms with van der Waals surface area (Å²) in [5.74, 6) is 1.03. The van der Waals surface area contributed by atoms with Gasteiger partial charge >= 0.3 is 0 Å². The Labute approximate surface area is 106 Å². The Balaban J connectivity index is 2.11. The van der Waals surface area contributed by atoms with Crippen LogP contribution in [0.25, 0.3) is 0 Å². The summed E-state index contributed by atoms with van der Waals surface area (Å²) >= 11 is 7.51. The van der Waals surface area contributed by atoms with Gasteiger partial charge in [0.25, 0.3) is 0 Å². The molecule has 1 aliphatic rings. The normalized spacial score (nSPS) is 35.2. The second-order valence-corrected chi connectivity index (χ2v) is 7.07. The van der Waals surface area contributed by atoms with Gasteiger partial charge in [0, 0.05) is 11.3 Å². The van der Waals surface area contributed by atoms with Crippen molar-refractivity contribution in [1.29, 1.82) is 0 Å². The number of rotatable bonds is 2. The highest BCUT2D eigenvalue weighted by Crippen LogP contribution is 2.40. The first-order chi connectivity index (χ1) is 7.49. The lowest BCUT2D eigenvalue weighted by Crippen LogP contribution is -2.43. The van der Waals surface area contributed by atoms with Gasteiger partial charge in [0.15, 0.2) is 0 Å². The molecular weight excluding hydrogens is 240 g/mol. The Hall–Kier alpha value is -0.0500. The Morgan fingerprint density at radius 2 is 2.19 bits per heavy atom. The van der Waals surface area contributed by atoms with Gasteiger partial charge in [-0.25, -0.2) is 0 Å². The van der Waals surface area contributed by atoms with Gasteiger partial charge in [0.1, 0.15) is 0 Å². The SMILES string of the molecule is CC1CCC(C)C(O)(Cc2ccc(Cl)s2)C1. The van der Waals surface area contributed by atoms with E-state index in [0.717, 1.165) is 23.6 Å². The predicted octanol–water partition coefficient (Wildman–Crippen LogP) is 4.13. The van der Waals surface area contributed by atoms with Crippen molar-refractivity contribution in [1.82, 2.24) is 0 Å². The van der Waals surface area contributed by atoms with E-state index >= 15 is 0 Å². The third-order valence-electron chi connectivity index (χ3n) is 3.82. The zero-order valence-corrected chi connectivity index (χ0v) is 11.4. The van der Waals surface area contributed by atoms with E-state index in [1.807, 2.05) is 12.1 Å². The monoisotopic (exact) mass is 258 g/mol. The van der Waals surface area contributed by atoms with Crippen molar-refractivity contribution in [2.24, 2.45) is 11.8 Å². The van der Waals surface area contributed by atoms with Crippen molar-refractivity contribution in [2.45, 2.75) is 45.1 Å². The molecule has 1 saturated carbocycles. The largest absolute Gasteiger partial charge is 0.389 e. The van der Waals surface area contributed by atoms with E-state index in [4.69, 9.17) is 11.6 Å². The lowest BCUT2D eigenvalue weighted by Gasteiger charge is -2.41. The number of hydrogen-bond acceptors (Lipinski definition) is 2. The molecule has 0 saturated heterocycles. The predicted molar refractivity (Wildman–Crippen MR) is 70.2 cm³/mol. The average Bonchev–Trinajstić information content (AvgIpc) is 2.58. The Bertz CT molecular complexity index is 363. The van der Waals surface area contributed by atoms with Gasteiger partial charge in [0.2, 0.25) is 0 Å². The molecule has 0 spiro atoms. The third kappa shape index (κ3) is 2.61. The fraction of sp³-hybridized carbons (Fsp3) is 0.692. The van der Waals surface area contributed by atoms with E-state index in [-0.39, 0.29) is 0 Å². The quantitative estimate of drug-likeness (QED) is 0.846. The van der Waals surface area contributed by atoms with Gasteiger partial charge in [-0.15, -0.1) is 11.3 Å². The van der Waals surface area contributed by atoms with Gasteiger partial charge in [-0.1, -0.05) is 31.9 Å². The fourth-order valence-corrected chi connectivity index (χ4v) is 3.91. The summed E-state index contributed by atoms with van der Waals surface area (Å²) in [6, 6.07) is 3.96. The summed E-state index contributed by atoms with van der Waals surface area (Å²) in [5.41, 5.74) is -0.522. The van der Waals surface area contributed by atoms with E-state index in [1.54, 1.807) is 11.3 Å². The Kier molecular flexibility index (Phi) is 3.62. The minimum atomic E-state index is -0.522. The van der Waals surface area contributed by atoms with Crippen LogP contribution >= 0.6 is 22.9 Å². The highest BCUT2D eigenvalue weighted by atomic mass is 35.5. The Morgan fingerprint density at radius 1 is 1.44 bits per heavy atom. The van der Waals surface area contributed by atoms with Crippen LogP contribution in [-0.4, -0.2) is 10.7 Å². The molecule has 0 aromatic carbocycles. The highest BCUT2D eigenvalue weighted by Gasteiger charge is 2.38. The van der Waals surface area contributed by atoms with Gasteiger partial charge in [-0.05, 0) is 36.8 Å². The van der Waals surface area contributed by atoms with Gasteiger partial charge < -0.3 is 5.11 Å². The average molecular weight is 259 g/mol. The van der Waals surface area contributed by atoms with Crippen LogP contribution in [0, 0.1) is 11.8 Å². The zero-order chi connectivity index (χ0) is 11.8. The summed E-state index contributed by atoms with van der Waals surface area (Å²) in [5, 5.41) is 10.7. The summed E-state index contributed by atoms with van der Waals surface area (Å²) in [6.45, 7) is 4.40. The van der Waals surface area contributed by atoms with Crippen LogP contribution in [-0.2, 0) is 6.42 Å². The summed E-state index contributed by atoms with van der Waals surface area (Å²) < 4.78 is 0.815. The number of thiophene rings is 1. The zero-order valence-electron chi connectivity index (χ0n) is 9.87. The molecule has 1 aromatic heterocycles. The molecule has 1 aliphatic carbocycles. The molecule has 1 nitrogen and oxygen atoms in total. The van der Waals surface area contributed by atoms with Crippen molar-refractivity contribution in [3.63, 3.8) is 0 Å². The van der Waals surface area contributed by atoms with Gasteiger partial charge in [0.05, 0.1) is 9.94 Å². The van der Waals surface area contributed by atoms with Crippen molar-refractivity contribution >= 4 is 22.9 Å². The molecular formula is C13H19ClOS. The summed E-state index contributed by atoms with van der Waals surface area (Å²) in [7, 11) is 0. The van der Waals surface area contributed by atoms with E-state index in [0.29, 0.717) is 11.8 Å². The first-order valence-corrected chi connectivity index (χ1v) is 7.15. The number of halogens is 1. The fourth-order valence-electron chi connectivity index (χ4n) is 2.70. The van der Waals surface area contributed by atoms with Crippen LogP contribution in [0.5, 0.6) is 0 Å². The van der Waals surface area contributed by atoms with Crippen LogP contribution in [0.4, 0.5) is 0 Å². The van der Waals surface area contributed by atoms with Crippen LogP contribution in [0.1, 0.15) is 38.0 Å². The molecule has 16 heavy (non-hydrogen) atoms. The minimum Gasteiger partial charge on any atom is -0.389 e. The second kappa shape index (κ2) is 4.67. The molecule has 3 heteroatoms. The van der Waals surface area contributed by atoms with Gasteiger partial charge in [-0.3, -0.25) is 0 Å². The number of aliphatic hydroxyl groups is 1. The molecule has 3 atom stereocenters. The summed E-state index contributed by atoms with van der Waals surface area (Å²) in [6.07, 6.45) is 4.06. The molecule has 0 bridgehead atoms. The standard InChI is InChI=1S/C13H19ClOS/c1-9-3-4-10(2)13(15,7-9)8-11-5-6-12(14)16-11/h5-6,9-10,15H,3-4,7-8H2,1-2H3. The lowest BCUT2D eigenvalue weighted by atomic mass is 9.70. The van der Waals surface area contributed by atoms with E-state index in [9.17, 15) is 5.11 Å². The minimum absolute atomic E-state index is 0.393. The Morgan fingerprint density at radius 3 is 2.81 bits per heavy atom. The van der Waals surface area contributed by atoms with Crippen molar-refractivity contribution in [2.75, 3.05) is 0 Å². The molecule has 1 N–H and O–H groups in total. The second-order valence-electron chi connectivity index (χ2n) is 5.27. The van der Waals surface area contributed by atoms with Crippen molar-refractivity contribution < 1.29 is 5.11 Å². The smallest absolute Gasteiger partial charge is 0.0931 e. The maximum absolute atomic E-state index is 10.7. The maximum atomic E-state index is 10.7. The molecule has 1 heterocycles. The molecule has 90 valence electrons. The molecule has 1 aromatic rings. The van der Waals surface area contributed by atoms with Crippen LogP contribution < -0.4 is 0 Å². The van der Waals surface area contributed by atoms with Gasteiger partial charge in [-0.2, -0.15) is 0 Å². The molecule has 2 rings (SSSR count). The first kappa shape index (κ1) is 12.4. The van der Waals surface area contributed by atoms with Crippen molar-refractivity contribution in [3.8, 4) is 0 Å². The summed E-state index contributed by atoms with van der Waals surface area (Å²) in [4.78, 5) is 1.20. The van der Waals surface area contributed by atoms with E-state index < -0.39 is 5.60 Å². The lowest BCUT2D eigenvalue weighted by molar-refractivity contribution is -0.0554. The maximum Gasteiger partial charge on any atom is 0.0931 e. The van der Waals surface area contributed by atoms with E-state index in [2.05, 4.69) is 13.8 Å². The first-order valence-electron chi connectivity index (χ1n) is 5.96. The van der Waals surface area contributed by atoms with Crippen LogP contribution in [0.2, 0.25) is 4.34 Å². The molecule has 0 radical (unpaired) electrons. The molecule has 3 unspecified atom stereocenters. The van der Waals surface area contributed by atoms with Crippen LogP contribution in [0.15, 0.2) is 12.1 Å².